The first kappa shape index (κ1) is 21.1. The highest BCUT2D eigenvalue weighted by Crippen LogP contribution is 2.27. The Kier molecular flexibility index (Phi) is 7.57. The van der Waals surface area contributed by atoms with Gasteiger partial charge in [-0.2, -0.15) is 0 Å². The average molecular weight is 376 g/mol. The van der Waals surface area contributed by atoms with E-state index in [0.717, 1.165) is 5.56 Å². The van der Waals surface area contributed by atoms with E-state index in [9.17, 15) is 9.90 Å². The molecule has 1 aliphatic carbocycles. The molecule has 1 fully saturated rings. The summed E-state index contributed by atoms with van der Waals surface area (Å²) in [5.41, 5.74) is 0.330. The van der Waals surface area contributed by atoms with Gasteiger partial charge in [0.2, 0.25) is 0 Å². The zero-order chi connectivity index (χ0) is 19.9. The predicted octanol–water partition coefficient (Wildman–Crippen LogP) is 5.23. The molecule has 1 amide bonds. The number of carbonyl (C=O) groups is 1. The minimum Gasteiger partial charge on any atom is -0.508 e. The summed E-state index contributed by atoms with van der Waals surface area (Å²) in [7, 11) is 1.69. The third kappa shape index (κ3) is 7.94. The summed E-state index contributed by atoms with van der Waals surface area (Å²) >= 11 is 0. The highest BCUT2D eigenvalue weighted by Gasteiger charge is 2.18. The zero-order valence-electron chi connectivity index (χ0n) is 17.0. The molecular weight excluding hydrogens is 342 g/mol. The summed E-state index contributed by atoms with van der Waals surface area (Å²) < 4.78 is 11.2. The van der Waals surface area contributed by atoms with Crippen LogP contribution in [0.25, 0.3) is 6.08 Å². The SMILES string of the molecule is CN(C/C=C/c1cc(O)cc(OCC2CCCCC2)c1)C(=O)OC(C)(C)C. The summed E-state index contributed by atoms with van der Waals surface area (Å²) in [6.45, 7) is 6.65. The van der Waals surface area contributed by atoms with Crippen LogP contribution in [0.2, 0.25) is 0 Å². The van der Waals surface area contributed by atoms with E-state index in [4.69, 9.17) is 9.47 Å². The van der Waals surface area contributed by atoms with Crippen molar-refractivity contribution in [1.29, 1.82) is 0 Å². The van der Waals surface area contributed by atoms with Crippen molar-refractivity contribution in [3.8, 4) is 11.5 Å². The minimum absolute atomic E-state index is 0.177. The van der Waals surface area contributed by atoms with Gasteiger partial charge in [-0.25, -0.2) is 4.79 Å². The first-order valence-electron chi connectivity index (χ1n) is 9.80. The van der Waals surface area contributed by atoms with Gasteiger partial charge in [-0.3, -0.25) is 0 Å². The molecule has 1 aromatic rings. The molecule has 27 heavy (non-hydrogen) atoms. The van der Waals surface area contributed by atoms with Crippen molar-refractivity contribution in [3.63, 3.8) is 0 Å². The van der Waals surface area contributed by atoms with Crippen LogP contribution in [-0.4, -0.2) is 41.9 Å². The number of hydrogen-bond acceptors (Lipinski definition) is 4. The van der Waals surface area contributed by atoms with E-state index in [0.29, 0.717) is 24.8 Å². The molecule has 0 bridgehead atoms. The van der Waals surface area contributed by atoms with E-state index in [2.05, 4.69) is 0 Å². The van der Waals surface area contributed by atoms with Crippen molar-refractivity contribution in [2.75, 3.05) is 20.2 Å². The van der Waals surface area contributed by atoms with Crippen LogP contribution >= 0.6 is 0 Å². The lowest BCUT2D eigenvalue weighted by molar-refractivity contribution is 0.0318. The molecule has 1 N–H and O–H groups in total. The number of ether oxygens (including phenoxy) is 2. The van der Waals surface area contributed by atoms with E-state index < -0.39 is 5.60 Å². The standard InChI is InChI=1S/C22H33NO4/c1-22(2,3)27-21(25)23(4)12-8-11-18-13-19(24)15-20(14-18)26-16-17-9-6-5-7-10-17/h8,11,13-15,17,24H,5-7,9-10,12,16H2,1-4H3/b11-8+. The van der Waals surface area contributed by atoms with Gasteiger partial charge in [-0.05, 0) is 57.2 Å². The van der Waals surface area contributed by atoms with E-state index in [1.54, 1.807) is 19.2 Å². The number of nitrogens with zero attached hydrogens (tertiary/aromatic N) is 1. The van der Waals surface area contributed by atoms with Crippen LogP contribution < -0.4 is 4.74 Å². The molecule has 5 nitrogen and oxygen atoms in total. The van der Waals surface area contributed by atoms with Crippen molar-refractivity contribution in [3.05, 3.63) is 29.8 Å². The second kappa shape index (κ2) is 9.67. The number of hydrogen-bond donors (Lipinski definition) is 1. The van der Waals surface area contributed by atoms with Gasteiger partial charge in [0.1, 0.15) is 17.1 Å². The molecule has 0 aliphatic heterocycles. The first-order chi connectivity index (χ1) is 12.7. The Morgan fingerprint density at radius 2 is 1.93 bits per heavy atom. The van der Waals surface area contributed by atoms with Gasteiger partial charge < -0.3 is 19.5 Å². The van der Waals surface area contributed by atoms with Gasteiger partial charge in [0, 0.05) is 19.7 Å². The smallest absolute Gasteiger partial charge is 0.410 e. The molecule has 0 aromatic heterocycles. The molecule has 0 unspecified atom stereocenters. The Balaban J connectivity index is 1.88. The summed E-state index contributed by atoms with van der Waals surface area (Å²) in [6.07, 6.45) is 9.72. The summed E-state index contributed by atoms with van der Waals surface area (Å²) in [5, 5.41) is 9.96. The molecule has 0 atom stereocenters. The maximum Gasteiger partial charge on any atom is 0.410 e. The molecule has 0 saturated heterocycles. The molecule has 0 heterocycles. The predicted molar refractivity (Wildman–Crippen MR) is 108 cm³/mol. The Morgan fingerprint density at radius 3 is 2.59 bits per heavy atom. The molecule has 1 saturated carbocycles. The topological polar surface area (TPSA) is 59.0 Å². The number of likely N-dealkylation sites (N-methyl/N-ethyl adjacent to an activating group) is 1. The Bertz CT molecular complexity index is 642. The molecule has 5 heteroatoms. The molecule has 2 rings (SSSR count). The lowest BCUT2D eigenvalue weighted by Crippen LogP contribution is -2.34. The molecule has 0 spiro atoms. The minimum atomic E-state index is -0.509. The van der Waals surface area contributed by atoms with Crippen LogP contribution in [0.15, 0.2) is 24.3 Å². The van der Waals surface area contributed by atoms with Crippen molar-refractivity contribution < 1.29 is 19.4 Å². The van der Waals surface area contributed by atoms with Gasteiger partial charge in [0.25, 0.3) is 0 Å². The highest BCUT2D eigenvalue weighted by molar-refractivity contribution is 5.68. The van der Waals surface area contributed by atoms with Crippen molar-refractivity contribution >= 4 is 12.2 Å². The van der Waals surface area contributed by atoms with E-state index in [1.165, 1.54) is 37.0 Å². The molecule has 1 aliphatic rings. The van der Waals surface area contributed by atoms with Crippen LogP contribution in [0.1, 0.15) is 58.4 Å². The molecule has 150 valence electrons. The highest BCUT2D eigenvalue weighted by atomic mass is 16.6. The number of phenols is 1. The lowest BCUT2D eigenvalue weighted by atomic mass is 9.90. The van der Waals surface area contributed by atoms with E-state index >= 15 is 0 Å². The number of amides is 1. The third-order valence-electron chi connectivity index (χ3n) is 4.52. The fourth-order valence-corrected chi connectivity index (χ4v) is 3.11. The number of phenolic OH excluding ortho intramolecular Hbond substituents is 1. The summed E-state index contributed by atoms with van der Waals surface area (Å²) in [4.78, 5) is 13.5. The zero-order valence-corrected chi connectivity index (χ0v) is 17.0. The van der Waals surface area contributed by atoms with Crippen molar-refractivity contribution in [2.45, 2.75) is 58.5 Å². The molecule has 1 aromatic carbocycles. The number of benzene rings is 1. The van der Waals surface area contributed by atoms with Crippen LogP contribution in [0, 0.1) is 5.92 Å². The largest absolute Gasteiger partial charge is 0.508 e. The normalized spacial score (nSPS) is 15.7. The van der Waals surface area contributed by atoms with Gasteiger partial charge >= 0.3 is 6.09 Å². The summed E-state index contributed by atoms with van der Waals surface area (Å²) in [6, 6.07) is 5.23. The van der Waals surface area contributed by atoms with E-state index in [-0.39, 0.29) is 11.8 Å². The van der Waals surface area contributed by atoms with Gasteiger partial charge in [-0.15, -0.1) is 0 Å². The van der Waals surface area contributed by atoms with Crippen LogP contribution in [0.4, 0.5) is 4.79 Å². The molecule has 0 radical (unpaired) electrons. The van der Waals surface area contributed by atoms with Gasteiger partial charge in [0.05, 0.1) is 6.61 Å². The van der Waals surface area contributed by atoms with Crippen LogP contribution in [0.5, 0.6) is 11.5 Å². The quantitative estimate of drug-likeness (QED) is 0.739. The van der Waals surface area contributed by atoms with E-state index in [1.807, 2.05) is 39.0 Å². The third-order valence-corrected chi connectivity index (χ3v) is 4.52. The van der Waals surface area contributed by atoms with Gasteiger partial charge in [0.15, 0.2) is 0 Å². The van der Waals surface area contributed by atoms with Crippen LogP contribution in [-0.2, 0) is 4.74 Å². The summed E-state index contributed by atoms with van der Waals surface area (Å²) in [5.74, 6) is 1.47. The Hall–Kier alpha value is -2.17. The fraction of sp³-hybridized carbons (Fsp3) is 0.591. The van der Waals surface area contributed by atoms with Crippen molar-refractivity contribution in [2.24, 2.45) is 5.92 Å². The fourth-order valence-electron chi connectivity index (χ4n) is 3.11. The van der Waals surface area contributed by atoms with Gasteiger partial charge in [-0.1, -0.05) is 31.4 Å². The van der Waals surface area contributed by atoms with Crippen molar-refractivity contribution in [1.82, 2.24) is 4.90 Å². The first-order valence-corrected chi connectivity index (χ1v) is 9.80. The molecular formula is C22H33NO4. The monoisotopic (exact) mass is 375 g/mol. The maximum absolute atomic E-state index is 12.0. The maximum atomic E-state index is 12.0. The number of aromatic hydroxyl groups is 1. The Labute approximate surface area is 163 Å². The Morgan fingerprint density at radius 1 is 1.22 bits per heavy atom. The number of rotatable bonds is 6. The second-order valence-corrected chi connectivity index (χ2v) is 8.34. The number of carbonyl (C=O) groups excluding carboxylic acids is 1. The van der Waals surface area contributed by atoms with Crippen LogP contribution in [0.3, 0.4) is 0 Å². The average Bonchev–Trinajstić information content (AvgIpc) is 2.59. The lowest BCUT2D eigenvalue weighted by Gasteiger charge is -2.23. The second-order valence-electron chi connectivity index (χ2n) is 8.34.